The molecule has 10 heteroatoms. The molecule has 2 aromatic heterocycles. The molecule has 0 saturated carbocycles. The third-order valence-corrected chi connectivity index (χ3v) is 7.30. The molecule has 2 atom stereocenters. The average molecular weight is 486 g/mol. The summed E-state index contributed by atoms with van der Waals surface area (Å²) in [5, 5.41) is 2.90. The summed E-state index contributed by atoms with van der Waals surface area (Å²) in [5.74, 6) is 1.23. The van der Waals surface area contributed by atoms with Crippen LogP contribution in [-0.4, -0.2) is 69.3 Å². The van der Waals surface area contributed by atoms with Gasteiger partial charge in [-0.2, -0.15) is 0 Å². The van der Waals surface area contributed by atoms with Gasteiger partial charge in [-0.05, 0) is 35.4 Å². The molecule has 2 fully saturated rings. The Balaban J connectivity index is 1.19. The average Bonchev–Trinajstić information content (AvgIpc) is 3.48. The van der Waals surface area contributed by atoms with Crippen molar-refractivity contribution in [1.82, 2.24) is 29.7 Å². The summed E-state index contributed by atoms with van der Waals surface area (Å²) in [7, 11) is 0. The van der Waals surface area contributed by atoms with E-state index in [9.17, 15) is 9.18 Å². The van der Waals surface area contributed by atoms with Crippen molar-refractivity contribution in [2.45, 2.75) is 18.7 Å². The van der Waals surface area contributed by atoms with Gasteiger partial charge in [-0.3, -0.25) is 0 Å². The van der Waals surface area contributed by atoms with Crippen LogP contribution in [0.15, 0.2) is 54.9 Å². The number of carbonyl (C=O) groups excluding carboxylic acids is 1. The number of amides is 2. The minimum Gasteiger partial charge on any atom is -0.371 e. The molecule has 2 saturated heterocycles. The van der Waals surface area contributed by atoms with Crippen LogP contribution in [-0.2, 0) is 11.3 Å². The third-order valence-electron chi connectivity index (χ3n) is 7.30. The molecule has 3 aliphatic heterocycles. The predicted molar refractivity (Wildman–Crippen MR) is 131 cm³/mol. The van der Waals surface area contributed by atoms with E-state index in [0.717, 1.165) is 40.1 Å². The summed E-state index contributed by atoms with van der Waals surface area (Å²) in [5.41, 5.74) is 4.58. The van der Waals surface area contributed by atoms with Crippen molar-refractivity contribution < 1.29 is 13.9 Å². The lowest BCUT2D eigenvalue weighted by Crippen LogP contribution is -2.52. The van der Waals surface area contributed by atoms with Gasteiger partial charge in [0.25, 0.3) is 0 Å². The van der Waals surface area contributed by atoms with Crippen molar-refractivity contribution in [3.8, 4) is 11.1 Å². The summed E-state index contributed by atoms with van der Waals surface area (Å²) in [6, 6.07) is 12.8. The first-order valence-corrected chi connectivity index (χ1v) is 12.1. The molecule has 7 rings (SSSR count). The van der Waals surface area contributed by atoms with Crippen molar-refractivity contribution in [2.75, 3.05) is 37.7 Å². The Morgan fingerprint density at radius 3 is 2.81 bits per heavy atom. The van der Waals surface area contributed by atoms with Crippen LogP contribution >= 0.6 is 0 Å². The number of carbonyl (C=O) groups is 1. The Kier molecular flexibility index (Phi) is 4.88. The van der Waals surface area contributed by atoms with Gasteiger partial charge in [0.05, 0.1) is 29.7 Å². The number of ether oxygens (including phenoxy) is 1. The van der Waals surface area contributed by atoms with Crippen molar-refractivity contribution in [3.05, 3.63) is 72.1 Å². The molecule has 1 N–H and O–H groups in total. The third kappa shape index (κ3) is 3.48. The SMILES string of the molecule is O=C1NCC2CN(c3ncc(-c4ccc5nc6n(c5c4)C(c4cccc(F)c4)COC6)cn3)CCN12. The first-order valence-electron chi connectivity index (χ1n) is 12.1. The standard InChI is InChI=1S/C26H24FN7O2/c27-19-3-1-2-17(8-19)23-14-36-15-24-31-21-5-4-16(9-22(21)34(23)24)18-10-28-25(29-11-18)32-6-7-33-20(13-32)12-30-26(33)35/h1-5,8-11,20,23H,6-7,12-15H2,(H,30,35). The molecule has 0 radical (unpaired) electrons. The van der Waals surface area contributed by atoms with E-state index < -0.39 is 0 Å². The zero-order valence-corrected chi connectivity index (χ0v) is 19.5. The van der Waals surface area contributed by atoms with Gasteiger partial charge in [-0.1, -0.05) is 18.2 Å². The van der Waals surface area contributed by atoms with Crippen LogP contribution in [0.3, 0.4) is 0 Å². The van der Waals surface area contributed by atoms with Gasteiger partial charge in [0.2, 0.25) is 5.95 Å². The van der Waals surface area contributed by atoms with E-state index in [0.29, 0.717) is 38.8 Å². The molecule has 2 amide bonds. The topological polar surface area (TPSA) is 88.4 Å². The number of rotatable bonds is 3. The Morgan fingerprint density at radius 1 is 1.06 bits per heavy atom. The first-order chi connectivity index (χ1) is 17.6. The van der Waals surface area contributed by atoms with Gasteiger partial charge in [-0.25, -0.2) is 24.1 Å². The number of benzene rings is 2. The van der Waals surface area contributed by atoms with Crippen LogP contribution in [0.25, 0.3) is 22.2 Å². The molecule has 182 valence electrons. The molecule has 2 unspecified atom stereocenters. The summed E-state index contributed by atoms with van der Waals surface area (Å²) in [6.45, 7) is 3.63. The highest BCUT2D eigenvalue weighted by Gasteiger charge is 2.36. The lowest BCUT2D eigenvalue weighted by atomic mass is 10.0. The van der Waals surface area contributed by atoms with E-state index >= 15 is 0 Å². The number of nitrogens with zero attached hydrogens (tertiary/aromatic N) is 6. The molecule has 0 aliphatic carbocycles. The Morgan fingerprint density at radius 2 is 1.94 bits per heavy atom. The lowest BCUT2D eigenvalue weighted by Gasteiger charge is -2.36. The molecular formula is C26H24FN7O2. The number of anilines is 1. The fraction of sp³-hybridized carbons (Fsp3) is 0.308. The van der Waals surface area contributed by atoms with E-state index in [4.69, 9.17) is 9.72 Å². The van der Waals surface area contributed by atoms with Crippen molar-refractivity contribution in [1.29, 1.82) is 0 Å². The molecule has 4 aromatic rings. The van der Waals surface area contributed by atoms with Crippen LogP contribution in [0, 0.1) is 5.82 Å². The zero-order chi connectivity index (χ0) is 24.2. The minimum absolute atomic E-state index is 0.0135. The number of nitrogens with one attached hydrogen (secondary N) is 1. The maximum Gasteiger partial charge on any atom is 0.317 e. The van der Waals surface area contributed by atoms with Gasteiger partial charge < -0.3 is 24.4 Å². The molecule has 36 heavy (non-hydrogen) atoms. The van der Waals surface area contributed by atoms with Crippen molar-refractivity contribution >= 4 is 23.0 Å². The molecule has 0 spiro atoms. The highest BCUT2D eigenvalue weighted by molar-refractivity contribution is 5.83. The van der Waals surface area contributed by atoms with Crippen LogP contribution in [0.1, 0.15) is 17.4 Å². The van der Waals surface area contributed by atoms with Crippen LogP contribution in [0.5, 0.6) is 0 Å². The summed E-state index contributed by atoms with van der Waals surface area (Å²) in [6.07, 6.45) is 3.68. The highest BCUT2D eigenvalue weighted by Crippen LogP contribution is 2.33. The molecule has 5 heterocycles. The Bertz CT molecular complexity index is 1470. The van der Waals surface area contributed by atoms with Crippen molar-refractivity contribution in [3.63, 3.8) is 0 Å². The van der Waals surface area contributed by atoms with E-state index in [1.807, 2.05) is 35.5 Å². The number of aromatic nitrogens is 4. The monoisotopic (exact) mass is 485 g/mol. The maximum atomic E-state index is 14.0. The number of urea groups is 1. The summed E-state index contributed by atoms with van der Waals surface area (Å²) < 4.78 is 21.9. The van der Waals surface area contributed by atoms with Crippen LogP contribution in [0.4, 0.5) is 15.1 Å². The largest absolute Gasteiger partial charge is 0.371 e. The highest BCUT2D eigenvalue weighted by atomic mass is 19.1. The molecular weight excluding hydrogens is 461 g/mol. The number of halogens is 1. The zero-order valence-electron chi connectivity index (χ0n) is 19.5. The molecule has 2 aromatic carbocycles. The Labute approximate surface area is 206 Å². The van der Waals surface area contributed by atoms with Crippen molar-refractivity contribution in [2.24, 2.45) is 0 Å². The summed E-state index contributed by atoms with van der Waals surface area (Å²) in [4.78, 5) is 29.9. The van der Waals surface area contributed by atoms with E-state index in [1.54, 1.807) is 12.1 Å². The quantitative estimate of drug-likeness (QED) is 0.480. The van der Waals surface area contributed by atoms with Gasteiger partial charge in [0.15, 0.2) is 0 Å². The number of imidazole rings is 1. The van der Waals surface area contributed by atoms with Gasteiger partial charge in [0, 0.05) is 44.1 Å². The minimum atomic E-state index is -0.265. The fourth-order valence-corrected chi connectivity index (χ4v) is 5.49. The predicted octanol–water partition coefficient (Wildman–Crippen LogP) is 2.97. The number of hydrogen-bond acceptors (Lipinski definition) is 6. The molecule has 9 nitrogen and oxygen atoms in total. The van der Waals surface area contributed by atoms with Gasteiger partial charge >= 0.3 is 6.03 Å². The summed E-state index contributed by atoms with van der Waals surface area (Å²) >= 11 is 0. The van der Waals surface area contributed by atoms with Gasteiger partial charge in [-0.15, -0.1) is 0 Å². The number of fused-ring (bicyclic) bond motifs is 4. The van der Waals surface area contributed by atoms with E-state index in [1.165, 1.54) is 6.07 Å². The Hall–Kier alpha value is -4.05. The normalized spacial score (nSPS) is 21.4. The second-order valence-corrected chi connectivity index (χ2v) is 9.44. The second-order valence-electron chi connectivity index (χ2n) is 9.44. The lowest BCUT2D eigenvalue weighted by molar-refractivity contribution is 0.0679. The second kappa shape index (κ2) is 8.27. The number of piperazine rings is 1. The maximum absolute atomic E-state index is 14.0. The molecule has 0 bridgehead atoms. The fourth-order valence-electron chi connectivity index (χ4n) is 5.49. The van der Waals surface area contributed by atoms with Crippen LogP contribution < -0.4 is 10.2 Å². The van der Waals surface area contributed by atoms with E-state index in [2.05, 4.69) is 30.8 Å². The van der Waals surface area contributed by atoms with E-state index in [-0.39, 0.29) is 23.9 Å². The molecule has 3 aliphatic rings. The van der Waals surface area contributed by atoms with Gasteiger partial charge in [0.1, 0.15) is 18.2 Å². The number of hydrogen-bond donors (Lipinski definition) is 1. The smallest absolute Gasteiger partial charge is 0.317 e. The first kappa shape index (κ1) is 21.3. The van der Waals surface area contributed by atoms with Crippen LogP contribution in [0.2, 0.25) is 0 Å².